The molecule has 0 unspecified atom stereocenters. The molecule has 136 valence electrons. The molecule has 1 saturated heterocycles. The highest BCUT2D eigenvalue weighted by Gasteiger charge is 2.11. The minimum atomic E-state index is -0.333. The van der Waals surface area contributed by atoms with Crippen LogP contribution in [-0.2, 0) is 4.79 Å². The first-order valence-corrected chi connectivity index (χ1v) is 8.69. The molecule has 1 aliphatic heterocycles. The van der Waals surface area contributed by atoms with Crippen LogP contribution in [0, 0.1) is 0 Å². The summed E-state index contributed by atoms with van der Waals surface area (Å²) in [6.45, 7) is 2.11. The highest BCUT2D eigenvalue weighted by atomic mass is 16.5. The molecule has 1 heterocycles. The van der Waals surface area contributed by atoms with Crippen LogP contribution < -0.4 is 19.8 Å². The number of nitrogens with one attached hydrogen (secondary N) is 1. The number of hydrogen-bond acceptors (Lipinski definition) is 5. The predicted octanol–water partition coefficient (Wildman–Crippen LogP) is 2.82. The van der Waals surface area contributed by atoms with Crippen molar-refractivity contribution in [3.05, 3.63) is 54.1 Å². The van der Waals surface area contributed by atoms with Gasteiger partial charge in [0.1, 0.15) is 0 Å². The Kier molecular flexibility index (Phi) is 6.09. The zero-order chi connectivity index (χ0) is 18.2. The molecule has 1 amide bonds. The van der Waals surface area contributed by atoms with Gasteiger partial charge in [0.2, 0.25) is 0 Å². The molecule has 2 aromatic rings. The summed E-state index contributed by atoms with van der Waals surface area (Å²) in [5, 5.41) is 3.97. The Bertz CT molecular complexity index is 753. The van der Waals surface area contributed by atoms with Gasteiger partial charge in [-0.2, -0.15) is 5.10 Å². The first-order valence-electron chi connectivity index (χ1n) is 8.69. The molecule has 6 nitrogen and oxygen atoms in total. The lowest BCUT2D eigenvalue weighted by atomic mass is 10.2. The van der Waals surface area contributed by atoms with Crippen molar-refractivity contribution in [3.63, 3.8) is 0 Å². The standard InChI is InChI=1S/C20H23N3O3/c1-25-18-6-2-3-7-19(18)26-15-20(24)22-21-14-16-8-10-17(11-9-16)23-12-4-5-13-23/h2-3,6-11,14H,4-5,12-13,15H2,1H3,(H,22,24)/b21-14-. The third-order valence-electron chi connectivity index (χ3n) is 4.20. The number of benzene rings is 2. The minimum Gasteiger partial charge on any atom is -0.493 e. The summed E-state index contributed by atoms with van der Waals surface area (Å²) in [5.41, 5.74) is 4.62. The molecule has 2 aromatic carbocycles. The first-order chi connectivity index (χ1) is 12.8. The third kappa shape index (κ3) is 4.75. The van der Waals surface area contributed by atoms with Crippen LogP contribution in [0.15, 0.2) is 53.6 Å². The molecule has 0 aromatic heterocycles. The zero-order valence-electron chi connectivity index (χ0n) is 14.9. The summed E-state index contributed by atoms with van der Waals surface area (Å²) in [7, 11) is 1.56. The van der Waals surface area contributed by atoms with Gasteiger partial charge >= 0.3 is 0 Å². The van der Waals surface area contributed by atoms with Gasteiger partial charge in [0.25, 0.3) is 5.91 Å². The SMILES string of the molecule is COc1ccccc1OCC(=O)N/N=C\c1ccc(N2CCCC2)cc1. The summed E-state index contributed by atoms with van der Waals surface area (Å²) in [4.78, 5) is 14.2. The van der Waals surface area contributed by atoms with Crippen LogP contribution in [0.2, 0.25) is 0 Å². The van der Waals surface area contributed by atoms with Gasteiger partial charge in [-0.1, -0.05) is 24.3 Å². The quantitative estimate of drug-likeness (QED) is 0.614. The van der Waals surface area contributed by atoms with E-state index >= 15 is 0 Å². The van der Waals surface area contributed by atoms with Crippen LogP contribution in [0.3, 0.4) is 0 Å². The maximum absolute atomic E-state index is 11.8. The number of hydrogen-bond donors (Lipinski definition) is 1. The summed E-state index contributed by atoms with van der Waals surface area (Å²) in [5.74, 6) is 0.773. The van der Waals surface area contributed by atoms with E-state index in [2.05, 4.69) is 27.6 Å². The number of hydrazone groups is 1. The van der Waals surface area contributed by atoms with Gasteiger partial charge in [-0.3, -0.25) is 4.79 Å². The normalized spacial score (nSPS) is 13.8. The molecule has 0 atom stereocenters. The fourth-order valence-electron chi connectivity index (χ4n) is 2.84. The van der Waals surface area contributed by atoms with E-state index in [0.717, 1.165) is 18.7 Å². The Morgan fingerprint density at radius 1 is 1.12 bits per heavy atom. The molecule has 26 heavy (non-hydrogen) atoms. The number of anilines is 1. The monoisotopic (exact) mass is 353 g/mol. The van der Waals surface area contributed by atoms with E-state index < -0.39 is 0 Å². The van der Waals surface area contributed by atoms with E-state index in [1.165, 1.54) is 18.5 Å². The van der Waals surface area contributed by atoms with E-state index in [4.69, 9.17) is 9.47 Å². The smallest absolute Gasteiger partial charge is 0.277 e. The van der Waals surface area contributed by atoms with Gasteiger partial charge in [-0.25, -0.2) is 5.43 Å². The molecule has 3 rings (SSSR count). The molecule has 0 spiro atoms. The minimum absolute atomic E-state index is 0.133. The largest absolute Gasteiger partial charge is 0.493 e. The molecule has 0 radical (unpaired) electrons. The van der Waals surface area contributed by atoms with Crippen molar-refractivity contribution in [2.75, 3.05) is 31.7 Å². The van der Waals surface area contributed by atoms with Crippen molar-refractivity contribution in [2.45, 2.75) is 12.8 Å². The van der Waals surface area contributed by atoms with Crippen molar-refractivity contribution < 1.29 is 14.3 Å². The molecule has 0 bridgehead atoms. The number of rotatable bonds is 7. The van der Waals surface area contributed by atoms with Crippen molar-refractivity contribution >= 4 is 17.8 Å². The molecule has 6 heteroatoms. The lowest BCUT2D eigenvalue weighted by Crippen LogP contribution is -2.24. The molecule has 1 aliphatic rings. The average molecular weight is 353 g/mol. The van der Waals surface area contributed by atoms with Gasteiger partial charge < -0.3 is 14.4 Å². The van der Waals surface area contributed by atoms with Crippen LogP contribution in [0.5, 0.6) is 11.5 Å². The van der Waals surface area contributed by atoms with E-state index in [1.54, 1.807) is 25.5 Å². The van der Waals surface area contributed by atoms with Gasteiger partial charge in [-0.05, 0) is 42.7 Å². The molecular formula is C20H23N3O3. The summed E-state index contributed by atoms with van der Waals surface area (Å²) in [6.07, 6.45) is 4.13. The van der Waals surface area contributed by atoms with Crippen molar-refractivity contribution in [1.82, 2.24) is 5.43 Å². The van der Waals surface area contributed by atoms with Gasteiger partial charge in [0, 0.05) is 18.8 Å². The van der Waals surface area contributed by atoms with Crippen LogP contribution in [0.4, 0.5) is 5.69 Å². The summed E-state index contributed by atoms with van der Waals surface area (Å²) in [6, 6.07) is 15.3. The second-order valence-corrected chi connectivity index (χ2v) is 6.02. The van der Waals surface area contributed by atoms with Gasteiger partial charge in [0.15, 0.2) is 18.1 Å². The molecule has 0 aliphatic carbocycles. The number of amides is 1. The lowest BCUT2D eigenvalue weighted by Gasteiger charge is -2.17. The van der Waals surface area contributed by atoms with Crippen LogP contribution in [0.1, 0.15) is 18.4 Å². The Labute approximate surface area is 153 Å². The maximum Gasteiger partial charge on any atom is 0.277 e. The first kappa shape index (κ1) is 17.8. The van der Waals surface area contributed by atoms with Crippen molar-refractivity contribution in [3.8, 4) is 11.5 Å². The fraction of sp³-hybridized carbons (Fsp3) is 0.300. The summed E-state index contributed by atoms with van der Waals surface area (Å²) < 4.78 is 10.6. The van der Waals surface area contributed by atoms with Gasteiger partial charge in [0.05, 0.1) is 13.3 Å². The number of carbonyl (C=O) groups excluding carboxylic acids is 1. The zero-order valence-corrected chi connectivity index (χ0v) is 14.9. The van der Waals surface area contributed by atoms with Crippen LogP contribution in [-0.4, -0.2) is 38.9 Å². The van der Waals surface area contributed by atoms with Crippen LogP contribution >= 0.6 is 0 Å². The summed E-state index contributed by atoms with van der Waals surface area (Å²) >= 11 is 0. The Morgan fingerprint density at radius 2 is 1.81 bits per heavy atom. The van der Waals surface area contributed by atoms with E-state index in [1.807, 2.05) is 24.3 Å². The van der Waals surface area contributed by atoms with Crippen molar-refractivity contribution in [1.29, 1.82) is 0 Å². The van der Waals surface area contributed by atoms with Gasteiger partial charge in [-0.15, -0.1) is 0 Å². The number of methoxy groups -OCH3 is 1. The van der Waals surface area contributed by atoms with Crippen LogP contribution in [0.25, 0.3) is 0 Å². The second-order valence-electron chi connectivity index (χ2n) is 6.02. The highest BCUT2D eigenvalue weighted by Crippen LogP contribution is 2.25. The third-order valence-corrected chi connectivity index (χ3v) is 4.20. The predicted molar refractivity (Wildman–Crippen MR) is 102 cm³/mol. The van der Waals surface area contributed by atoms with Crippen molar-refractivity contribution in [2.24, 2.45) is 5.10 Å². The Hall–Kier alpha value is -3.02. The lowest BCUT2D eigenvalue weighted by molar-refractivity contribution is -0.123. The molecule has 0 saturated carbocycles. The van der Waals surface area contributed by atoms with E-state index in [9.17, 15) is 4.79 Å². The number of nitrogens with zero attached hydrogens (tertiary/aromatic N) is 2. The topological polar surface area (TPSA) is 63.2 Å². The molecule has 1 fully saturated rings. The number of carbonyl (C=O) groups is 1. The Balaban J connectivity index is 1.46. The average Bonchev–Trinajstić information content (AvgIpc) is 3.22. The van der Waals surface area contributed by atoms with E-state index in [0.29, 0.717) is 11.5 Å². The number of ether oxygens (including phenoxy) is 2. The number of para-hydroxylation sites is 2. The molecule has 1 N–H and O–H groups in total. The Morgan fingerprint density at radius 3 is 2.50 bits per heavy atom. The second kappa shape index (κ2) is 8.89. The molecular weight excluding hydrogens is 330 g/mol. The fourth-order valence-corrected chi connectivity index (χ4v) is 2.84. The maximum atomic E-state index is 11.8. The highest BCUT2D eigenvalue weighted by molar-refractivity contribution is 5.83. The van der Waals surface area contributed by atoms with E-state index in [-0.39, 0.29) is 12.5 Å².